The first-order chi connectivity index (χ1) is 15.5. The Morgan fingerprint density at radius 2 is 0.812 bits per heavy atom. The highest BCUT2D eigenvalue weighted by Gasteiger charge is 2.41. The van der Waals surface area contributed by atoms with E-state index in [-0.39, 0.29) is 0 Å². The Morgan fingerprint density at radius 1 is 0.500 bits per heavy atom. The monoisotopic (exact) mass is 496 g/mol. The van der Waals surface area contributed by atoms with Gasteiger partial charge in [-0.15, -0.1) is 0 Å². The fourth-order valence-electron chi connectivity index (χ4n) is 3.86. The second-order valence-corrected chi connectivity index (χ2v) is 13.0. The van der Waals surface area contributed by atoms with Crippen LogP contribution in [0.15, 0.2) is 0 Å². The molecule has 0 aromatic rings. The highest BCUT2D eigenvalue weighted by atomic mass is 28.4. The number of nitrogens with zero attached hydrogens (tertiary/aromatic N) is 1. The van der Waals surface area contributed by atoms with Gasteiger partial charge < -0.3 is 37.2 Å². The van der Waals surface area contributed by atoms with Gasteiger partial charge in [0.2, 0.25) is 0 Å². The van der Waals surface area contributed by atoms with Crippen LogP contribution >= 0.6 is 0 Å². The van der Waals surface area contributed by atoms with Gasteiger partial charge in [0, 0.05) is 51.7 Å². The van der Waals surface area contributed by atoms with E-state index in [4.69, 9.17) is 32.3 Å². The molecule has 0 fully saturated rings. The van der Waals surface area contributed by atoms with Gasteiger partial charge in [-0.05, 0) is 93.4 Å². The van der Waals surface area contributed by atoms with Crippen molar-refractivity contribution < 1.29 is 26.6 Å². The Kier molecular flexibility index (Phi) is 20.6. The summed E-state index contributed by atoms with van der Waals surface area (Å²) in [6, 6.07) is 1.68. The number of rotatable bonds is 24. The summed E-state index contributed by atoms with van der Waals surface area (Å²) in [7, 11) is -5.19. The third-order valence-electron chi connectivity index (χ3n) is 5.03. The van der Waals surface area contributed by atoms with Gasteiger partial charge in [0.05, 0.1) is 0 Å². The molecule has 0 bridgehead atoms. The molecule has 0 rings (SSSR count). The summed E-state index contributed by atoms with van der Waals surface area (Å²) in [6.07, 6.45) is 4.12. The molecule has 10 heteroatoms. The smallest absolute Gasteiger partial charge is 0.374 e. The van der Waals surface area contributed by atoms with Crippen molar-refractivity contribution in [1.82, 2.24) is 4.90 Å². The second kappa shape index (κ2) is 20.5. The molecule has 0 aromatic carbocycles. The lowest BCUT2D eigenvalue weighted by Gasteiger charge is -2.31. The third-order valence-corrected chi connectivity index (χ3v) is 11.3. The van der Waals surface area contributed by atoms with Gasteiger partial charge in [-0.2, -0.15) is 0 Å². The Balaban J connectivity index is 4.93. The van der Waals surface area contributed by atoms with Crippen molar-refractivity contribution in [3.8, 4) is 0 Å². The SMILES string of the molecule is CCO[Si](CCCN(CCCCN)CCC[Si](OCC)(OCC)OCC)(OCC)OCC. The summed E-state index contributed by atoms with van der Waals surface area (Å²) in [5.41, 5.74) is 5.72. The average molecular weight is 497 g/mol. The van der Waals surface area contributed by atoms with Crippen LogP contribution in [-0.4, -0.2) is 88.3 Å². The summed E-state index contributed by atoms with van der Waals surface area (Å²) in [5, 5.41) is 0. The van der Waals surface area contributed by atoms with Crippen LogP contribution in [0.4, 0.5) is 0 Å². The van der Waals surface area contributed by atoms with Crippen LogP contribution in [0.25, 0.3) is 0 Å². The van der Waals surface area contributed by atoms with Crippen molar-refractivity contribution in [2.75, 3.05) is 65.8 Å². The maximum Gasteiger partial charge on any atom is 0.500 e. The van der Waals surface area contributed by atoms with Gasteiger partial charge in [0.25, 0.3) is 0 Å². The largest absolute Gasteiger partial charge is 0.500 e. The highest BCUT2D eigenvalue weighted by Crippen LogP contribution is 2.21. The molecule has 0 amide bonds. The van der Waals surface area contributed by atoms with Gasteiger partial charge in [0.1, 0.15) is 0 Å². The van der Waals surface area contributed by atoms with Crippen molar-refractivity contribution in [2.24, 2.45) is 5.73 Å². The fraction of sp³-hybridized carbons (Fsp3) is 1.00. The van der Waals surface area contributed by atoms with E-state index < -0.39 is 17.6 Å². The summed E-state index contributed by atoms with van der Waals surface area (Å²) in [5.74, 6) is 0. The molecule has 0 saturated heterocycles. The topological polar surface area (TPSA) is 84.6 Å². The first-order valence-corrected chi connectivity index (χ1v) is 16.6. The third kappa shape index (κ3) is 13.7. The van der Waals surface area contributed by atoms with Crippen molar-refractivity contribution >= 4 is 17.6 Å². The van der Waals surface area contributed by atoms with Crippen LogP contribution < -0.4 is 5.73 Å². The van der Waals surface area contributed by atoms with Crippen LogP contribution in [0.1, 0.15) is 67.2 Å². The Hall–Kier alpha value is 0.114. The van der Waals surface area contributed by atoms with E-state index in [9.17, 15) is 0 Å². The number of unbranched alkanes of at least 4 members (excludes halogenated alkanes) is 1. The average Bonchev–Trinajstić information content (AvgIpc) is 2.75. The van der Waals surface area contributed by atoms with Crippen molar-refractivity contribution in [3.63, 3.8) is 0 Å². The molecular weight excluding hydrogens is 444 g/mol. The van der Waals surface area contributed by atoms with Gasteiger partial charge in [-0.1, -0.05) is 0 Å². The molecule has 0 atom stereocenters. The first kappa shape index (κ1) is 32.1. The maximum atomic E-state index is 6.01. The number of hydrogen-bond acceptors (Lipinski definition) is 8. The molecular formula is C22H52N2O6Si2. The predicted octanol–water partition coefficient (Wildman–Crippen LogP) is 3.90. The fourth-order valence-corrected chi connectivity index (χ4v) is 9.04. The molecule has 2 N–H and O–H groups in total. The van der Waals surface area contributed by atoms with Crippen LogP contribution in [0.5, 0.6) is 0 Å². The summed E-state index contributed by atoms with van der Waals surface area (Å²) >= 11 is 0. The number of hydrogen-bond donors (Lipinski definition) is 1. The zero-order valence-electron chi connectivity index (χ0n) is 21.8. The molecule has 0 aliphatic carbocycles. The van der Waals surface area contributed by atoms with E-state index >= 15 is 0 Å². The Labute approximate surface area is 200 Å². The molecule has 0 saturated carbocycles. The second-order valence-electron chi connectivity index (χ2n) is 7.51. The lowest BCUT2D eigenvalue weighted by Crippen LogP contribution is -2.47. The maximum absolute atomic E-state index is 6.01. The van der Waals surface area contributed by atoms with Crippen LogP contribution in [0, 0.1) is 0 Å². The Morgan fingerprint density at radius 3 is 1.09 bits per heavy atom. The lowest BCUT2D eigenvalue weighted by atomic mass is 10.2. The molecule has 194 valence electrons. The van der Waals surface area contributed by atoms with E-state index in [1.54, 1.807) is 0 Å². The van der Waals surface area contributed by atoms with Crippen LogP contribution in [0.2, 0.25) is 12.1 Å². The summed E-state index contributed by atoms with van der Waals surface area (Å²) < 4.78 is 36.1. The first-order valence-electron chi connectivity index (χ1n) is 12.8. The minimum atomic E-state index is -2.59. The van der Waals surface area contributed by atoms with Gasteiger partial charge in [-0.3, -0.25) is 0 Å². The normalized spacial score (nSPS) is 12.8. The quantitative estimate of drug-likeness (QED) is 0.159. The molecule has 0 aliphatic heterocycles. The van der Waals surface area contributed by atoms with E-state index in [1.807, 2.05) is 41.5 Å². The van der Waals surface area contributed by atoms with Crippen molar-refractivity contribution in [1.29, 1.82) is 0 Å². The molecule has 0 aromatic heterocycles. The van der Waals surface area contributed by atoms with E-state index in [0.29, 0.717) is 39.6 Å². The minimum absolute atomic E-state index is 0.617. The zero-order valence-corrected chi connectivity index (χ0v) is 23.8. The van der Waals surface area contributed by atoms with E-state index in [2.05, 4.69) is 4.90 Å². The van der Waals surface area contributed by atoms with Crippen molar-refractivity contribution in [3.05, 3.63) is 0 Å². The molecule has 32 heavy (non-hydrogen) atoms. The van der Waals surface area contributed by atoms with Crippen molar-refractivity contribution in [2.45, 2.75) is 79.3 Å². The number of nitrogens with two attached hydrogens (primary N) is 1. The molecule has 0 heterocycles. The van der Waals surface area contributed by atoms with E-state index in [0.717, 1.165) is 64.0 Å². The molecule has 0 radical (unpaired) electrons. The van der Waals surface area contributed by atoms with Crippen LogP contribution in [-0.2, 0) is 26.6 Å². The lowest BCUT2D eigenvalue weighted by molar-refractivity contribution is 0.0692. The van der Waals surface area contributed by atoms with Gasteiger partial charge >= 0.3 is 17.6 Å². The molecule has 0 unspecified atom stereocenters. The summed E-state index contributed by atoms with van der Waals surface area (Å²) in [4.78, 5) is 2.52. The zero-order chi connectivity index (χ0) is 24.1. The highest BCUT2D eigenvalue weighted by molar-refractivity contribution is 6.61. The molecule has 0 spiro atoms. The standard InChI is InChI=1S/C22H52N2O6Si2/c1-7-25-31(26-8-2,27-9-3)21-15-19-24(18-14-13-17-23)20-16-22-32(28-10-4,29-11-5)30-12-6/h7-23H2,1-6H3. The van der Waals surface area contributed by atoms with Crippen LogP contribution in [0.3, 0.4) is 0 Å². The Bertz CT molecular complexity index is 358. The van der Waals surface area contributed by atoms with E-state index in [1.165, 1.54) is 0 Å². The molecule has 8 nitrogen and oxygen atoms in total. The van der Waals surface area contributed by atoms with Gasteiger partial charge in [0.15, 0.2) is 0 Å². The molecule has 0 aliphatic rings. The van der Waals surface area contributed by atoms with Gasteiger partial charge in [-0.25, -0.2) is 0 Å². The summed E-state index contributed by atoms with van der Waals surface area (Å²) in [6.45, 7) is 19.5. The minimum Gasteiger partial charge on any atom is -0.374 e. The predicted molar refractivity (Wildman–Crippen MR) is 135 cm³/mol.